The predicted octanol–water partition coefficient (Wildman–Crippen LogP) is 1.97. The minimum absolute atomic E-state index is 0.587. The summed E-state index contributed by atoms with van der Waals surface area (Å²) in [4.78, 5) is 0. The van der Waals surface area contributed by atoms with Gasteiger partial charge in [-0.3, -0.25) is 0 Å². The average molecular weight is 261 g/mol. The molecule has 1 aromatic heterocycles. The molecule has 1 aliphatic rings. The van der Waals surface area contributed by atoms with Gasteiger partial charge in [0.15, 0.2) is 0 Å². The Morgan fingerprint density at radius 2 is 2.17 bits per heavy atom. The maximum absolute atomic E-state index is 3.86. The number of nitrogens with one attached hydrogen (secondary N) is 1. The van der Waals surface area contributed by atoms with Gasteiger partial charge in [-0.25, -0.2) is 4.68 Å². The molecule has 6 heteroatoms. The van der Waals surface area contributed by atoms with Crippen LogP contribution in [0.4, 0.5) is 5.69 Å². The lowest BCUT2D eigenvalue weighted by atomic mass is 10.2. The van der Waals surface area contributed by atoms with Crippen LogP contribution in [0.3, 0.4) is 0 Å². The van der Waals surface area contributed by atoms with Gasteiger partial charge in [0, 0.05) is 22.7 Å². The monoisotopic (exact) mass is 261 g/mol. The molecule has 1 fully saturated rings. The third-order valence-corrected chi connectivity index (χ3v) is 4.41. The minimum atomic E-state index is 0.587. The molecule has 1 aliphatic heterocycles. The lowest BCUT2D eigenvalue weighted by molar-refractivity contribution is 0.747. The number of thioether (sulfide) groups is 1. The zero-order valence-electron chi connectivity index (χ0n) is 10.2. The largest absolute Gasteiger partial charge is 0.381 e. The summed E-state index contributed by atoms with van der Waals surface area (Å²) >= 11 is 2.03. The summed E-state index contributed by atoms with van der Waals surface area (Å²) in [7, 11) is 0. The summed E-state index contributed by atoms with van der Waals surface area (Å²) in [5.74, 6) is 1.19. The molecule has 0 saturated carbocycles. The number of anilines is 1. The van der Waals surface area contributed by atoms with E-state index in [-0.39, 0.29) is 0 Å². The number of hydrogen-bond acceptors (Lipinski definition) is 5. The van der Waals surface area contributed by atoms with Crippen LogP contribution in [-0.2, 0) is 0 Å². The minimum Gasteiger partial charge on any atom is -0.381 e. The number of hydrogen-bond donors (Lipinski definition) is 1. The summed E-state index contributed by atoms with van der Waals surface area (Å²) in [6, 6.07) is 8.77. The molecule has 3 rings (SSSR count). The molecule has 18 heavy (non-hydrogen) atoms. The molecule has 5 nitrogen and oxygen atoms in total. The first-order chi connectivity index (χ1) is 8.81. The highest BCUT2D eigenvalue weighted by atomic mass is 32.2. The predicted molar refractivity (Wildman–Crippen MR) is 73.1 cm³/mol. The third-order valence-electron chi connectivity index (χ3n) is 3.05. The van der Waals surface area contributed by atoms with Crippen LogP contribution >= 0.6 is 11.8 Å². The smallest absolute Gasteiger partial charge is 0.143 e. The summed E-state index contributed by atoms with van der Waals surface area (Å²) in [5.41, 5.74) is 2.13. The first-order valence-electron chi connectivity index (χ1n) is 6.03. The van der Waals surface area contributed by atoms with E-state index in [0.29, 0.717) is 6.04 Å². The molecule has 0 aliphatic carbocycles. The topological polar surface area (TPSA) is 55.6 Å². The van der Waals surface area contributed by atoms with Gasteiger partial charge in [0.1, 0.15) is 6.33 Å². The van der Waals surface area contributed by atoms with Crippen LogP contribution in [0.2, 0.25) is 0 Å². The highest BCUT2D eigenvalue weighted by molar-refractivity contribution is 8.00. The molecule has 1 saturated heterocycles. The fourth-order valence-corrected chi connectivity index (χ4v) is 3.29. The Balaban J connectivity index is 1.68. The number of rotatable bonds is 3. The van der Waals surface area contributed by atoms with Crippen LogP contribution in [0.15, 0.2) is 30.6 Å². The lowest BCUT2D eigenvalue weighted by Gasteiger charge is -2.13. The molecular formula is C12H15N5S. The molecule has 0 radical (unpaired) electrons. The van der Waals surface area contributed by atoms with Gasteiger partial charge in [0.25, 0.3) is 0 Å². The van der Waals surface area contributed by atoms with E-state index < -0.39 is 0 Å². The van der Waals surface area contributed by atoms with Crippen LogP contribution < -0.4 is 5.32 Å². The zero-order valence-corrected chi connectivity index (χ0v) is 11.0. The normalized spacial score (nSPS) is 23.2. The maximum Gasteiger partial charge on any atom is 0.143 e. The van der Waals surface area contributed by atoms with Gasteiger partial charge in [-0.2, -0.15) is 11.8 Å². The number of benzene rings is 1. The molecule has 0 bridgehead atoms. The lowest BCUT2D eigenvalue weighted by Crippen LogP contribution is -2.18. The Kier molecular flexibility index (Phi) is 3.19. The van der Waals surface area contributed by atoms with E-state index in [1.807, 2.05) is 23.9 Å². The third kappa shape index (κ3) is 2.48. The Labute approximate surface area is 110 Å². The molecule has 1 aromatic carbocycles. The summed E-state index contributed by atoms with van der Waals surface area (Å²) in [6.45, 7) is 2.28. The van der Waals surface area contributed by atoms with Crippen LogP contribution in [0.25, 0.3) is 5.69 Å². The van der Waals surface area contributed by atoms with E-state index in [1.165, 1.54) is 12.2 Å². The second-order valence-corrected chi connectivity index (χ2v) is 5.99. The van der Waals surface area contributed by atoms with Gasteiger partial charge in [-0.1, -0.05) is 6.92 Å². The van der Waals surface area contributed by atoms with Crippen molar-refractivity contribution in [1.82, 2.24) is 20.2 Å². The summed E-state index contributed by atoms with van der Waals surface area (Å²) < 4.78 is 1.65. The highest BCUT2D eigenvalue weighted by Gasteiger charge is 2.21. The molecular weight excluding hydrogens is 246 g/mol. The van der Waals surface area contributed by atoms with E-state index in [0.717, 1.165) is 16.6 Å². The SMILES string of the molecule is CC1CC(Nc2ccc(-n3cnnn3)cc2)CS1. The molecule has 94 valence electrons. The summed E-state index contributed by atoms with van der Waals surface area (Å²) in [5, 5.41) is 15.4. The van der Waals surface area contributed by atoms with Crippen molar-refractivity contribution in [2.45, 2.75) is 24.6 Å². The highest BCUT2D eigenvalue weighted by Crippen LogP contribution is 2.28. The van der Waals surface area contributed by atoms with Crippen LogP contribution in [0.5, 0.6) is 0 Å². The number of tetrazole rings is 1. The maximum atomic E-state index is 3.86. The van der Waals surface area contributed by atoms with Crippen molar-refractivity contribution in [3.05, 3.63) is 30.6 Å². The number of nitrogens with zero attached hydrogens (tertiary/aromatic N) is 4. The first-order valence-corrected chi connectivity index (χ1v) is 7.08. The van der Waals surface area contributed by atoms with E-state index in [4.69, 9.17) is 0 Å². The van der Waals surface area contributed by atoms with Gasteiger partial charge >= 0.3 is 0 Å². The van der Waals surface area contributed by atoms with Crippen molar-refractivity contribution in [3.8, 4) is 5.69 Å². The van der Waals surface area contributed by atoms with Crippen molar-refractivity contribution >= 4 is 17.4 Å². The molecule has 2 atom stereocenters. The first kappa shape index (κ1) is 11.5. The van der Waals surface area contributed by atoms with Crippen LogP contribution in [-0.4, -0.2) is 37.3 Å². The van der Waals surface area contributed by atoms with Crippen molar-refractivity contribution in [2.75, 3.05) is 11.1 Å². The van der Waals surface area contributed by atoms with E-state index in [2.05, 4.69) is 39.9 Å². The van der Waals surface area contributed by atoms with Crippen molar-refractivity contribution < 1.29 is 0 Å². The van der Waals surface area contributed by atoms with Crippen LogP contribution in [0.1, 0.15) is 13.3 Å². The zero-order chi connectivity index (χ0) is 12.4. The van der Waals surface area contributed by atoms with Gasteiger partial charge in [-0.05, 0) is 41.1 Å². The Morgan fingerprint density at radius 1 is 1.33 bits per heavy atom. The van der Waals surface area contributed by atoms with Gasteiger partial charge in [-0.15, -0.1) is 5.10 Å². The van der Waals surface area contributed by atoms with Crippen LogP contribution in [0, 0.1) is 0 Å². The van der Waals surface area contributed by atoms with E-state index in [9.17, 15) is 0 Å². The molecule has 2 unspecified atom stereocenters. The van der Waals surface area contributed by atoms with E-state index in [1.54, 1.807) is 11.0 Å². The van der Waals surface area contributed by atoms with E-state index >= 15 is 0 Å². The molecule has 0 spiro atoms. The van der Waals surface area contributed by atoms with Crippen molar-refractivity contribution in [1.29, 1.82) is 0 Å². The second-order valence-electron chi connectivity index (χ2n) is 4.52. The van der Waals surface area contributed by atoms with Gasteiger partial charge < -0.3 is 5.32 Å². The Morgan fingerprint density at radius 3 is 2.78 bits per heavy atom. The van der Waals surface area contributed by atoms with Gasteiger partial charge in [0.2, 0.25) is 0 Å². The standard InChI is InChI=1S/C12H15N5S/c1-9-6-11(7-18-9)14-10-2-4-12(5-3-10)17-8-13-15-16-17/h2-5,8-9,11,14H,6-7H2,1H3. The number of aromatic nitrogens is 4. The van der Waals surface area contributed by atoms with Gasteiger partial charge in [0.05, 0.1) is 5.69 Å². The fraction of sp³-hybridized carbons (Fsp3) is 0.417. The molecule has 0 amide bonds. The Bertz CT molecular complexity index is 496. The van der Waals surface area contributed by atoms with Crippen molar-refractivity contribution in [2.24, 2.45) is 0 Å². The second kappa shape index (κ2) is 4.97. The fourth-order valence-electron chi connectivity index (χ4n) is 2.14. The summed E-state index contributed by atoms with van der Waals surface area (Å²) in [6.07, 6.45) is 2.83. The average Bonchev–Trinajstić information content (AvgIpc) is 3.02. The molecule has 2 aromatic rings. The molecule has 1 N–H and O–H groups in total. The van der Waals surface area contributed by atoms with Crippen molar-refractivity contribution in [3.63, 3.8) is 0 Å². The Hall–Kier alpha value is -1.56. The molecule has 2 heterocycles. The quantitative estimate of drug-likeness (QED) is 0.915.